The number of hydrogen-bond donors (Lipinski definition) is 2. The first-order chi connectivity index (χ1) is 15.4. The first-order valence-electron chi connectivity index (χ1n) is 10.5. The van der Waals surface area contributed by atoms with Gasteiger partial charge in [0.15, 0.2) is 0 Å². The maximum Gasteiger partial charge on any atom is 0.282 e. The number of benzene rings is 2. The Kier molecular flexibility index (Phi) is 6.30. The normalized spacial score (nSPS) is 19.0. The molecule has 4 rings (SSSR count). The van der Waals surface area contributed by atoms with Crippen LogP contribution in [0.25, 0.3) is 5.57 Å². The van der Waals surface area contributed by atoms with Crippen molar-refractivity contribution in [2.45, 2.75) is 19.8 Å². The number of nitrogens with zero attached hydrogens (tertiary/aromatic N) is 2. The zero-order chi connectivity index (χ0) is 22.8. The van der Waals surface area contributed by atoms with Gasteiger partial charge in [0.05, 0.1) is 16.3 Å². The number of imide groups is 1. The minimum Gasteiger partial charge on any atom is -0.396 e. The number of halogens is 1. The first-order valence-corrected chi connectivity index (χ1v) is 10.9. The van der Waals surface area contributed by atoms with Crippen LogP contribution in [0.5, 0.6) is 0 Å². The smallest absolute Gasteiger partial charge is 0.282 e. The SMILES string of the molecule is CC(=O)Nc1ccc(C2=C(N3CCCC(CO)C3)C(=O)N(c3ccccc3Cl)C2=O)cc1. The summed E-state index contributed by atoms with van der Waals surface area (Å²) in [5.41, 5.74) is 2.13. The van der Waals surface area contributed by atoms with E-state index in [-0.39, 0.29) is 18.4 Å². The van der Waals surface area contributed by atoms with Crippen LogP contribution in [0.2, 0.25) is 5.02 Å². The Hall–Kier alpha value is -3.16. The highest BCUT2D eigenvalue weighted by Gasteiger charge is 2.43. The lowest BCUT2D eigenvalue weighted by atomic mass is 9.97. The van der Waals surface area contributed by atoms with Crippen LogP contribution >= 0.6 is 11.6 Å². The van der Waals surface area contributed by atoms with Crippen molar-refractivity contribution in [1.29, 1.82) is 0 Å². The first kappa shape index (κ1) is 22.0. The van der Waals surface area contributed by atoms with Crippen LogP contribution in [-0.2, 0) is 14.4 Å². The van der Waals surface area contributed by atoms with Crippen LogP contribution < -0.4 is 10.2 Å². The number of anilines is 2. The maximum atomic E-state index is 13.6. The Bertz CT molecular complexity index is 1100. The van der Waals surface area contributed by atoms with E-state index in [1.807, 2.05) is 4.90 Å². The molecule has 0 bridgehead atoms. The van der Waals surface area contributed by atoms with Gasteiger partial charge in [-0.2, -0.15) is 0 Å². The number of hydrogen-bond acceptors (Lipinski definition) is 5. The van der Waals surface area contributed by atoms with E-state index in [0.717, 1.165) is 17.7 Å². The second-order valence-corrected chi connectivity index (χ2v) is 8.42. The standard InChI is InChI=1S/C24H24ClN3O4/c1-15(30)26-18-10-8-17(9-11-18)21-22(27-12-4-5-16(13-27)14-29)24(32)28(23(21)31)20-7-3-2-6-19(20)25/h2-3,6-11,16,29H,4-5,12-14H2,1H3,(H,26,30). The van der Waals surface area contributed by atoms with Crippen molar-refractivity contribution in [2.24, 2.45) is 5.92 Å². The summed E-state index contributed by atoms with van der Waals surface area (Å²) in [5.74, 6) is -1.03. The molecule has 166 valence electrons. The van der Waals surface area contributed by atoms with Crippen molar-refractivity contribution in [1.82, 2.24) is 4.90 Å². The number of carbonyl (C=O) groups excluding carboxylic acids is 3. The Balaban J connectivity index is 1.79. The van der Waals surface area contributed by atoms with E-state index in [2.05, 4.69) is 5.32 Å². The van der Waals surface area contributed by atoms with E-state index in [1.165, 1.54) is 6.92 Å². The summed E-state index contributed by atoms with van der Waals surface area (Å²) >= 11 is 6.33. The number of nitrogens with one attached hydrogen (secondary N) is 1. The van der Waals surface area contributed by atoms with E-state index >= 15 is 0 Å². The van der Waals surface area contributed by atoms with Gasteiger partial charge in [-0.05, 0) is 48.6 Å². The van der Waals surface area contributed by atoms with Gasteiger partial charge in [0.1, 0.15) is 5.70 Å². The van der Waals surface area contributed by atoms with Gasteiger partial charge in [0.25, 0.3) is 11.8 Å². The summed E-state index contributed by atoms with van der Waals surface area (Å²) in [5, 5.41) is 12.7. The molecule has 7 nitrogen and oxygen atoms in total. The highest BCUT2D eigenvalue weighted by Crippen LogP contribution is 2.38. The summed E-state index contributed by atoms with van der Waals surface area (Å²) in [6.07, 6.45) is 1.69. The number of piperidine rings is 1. The second kappa shape index (κ2) is 9.14. The molecule has 1 unspecified atom stereocenters. The third-order valence-corrected chi connectivity index (χ3v) is 6.06. The van der Waals surface area contributed by atoms with Crippen molar-refractivity contribution in [3.63, 3.8) is 0 Å². The third kappa shape index (κ3) is 4.13. The molecule has 2 aromatic rings. The van der Waals surface area contributed by atoms with Crippen LogP contribution in [0, 0.1) is 5.92 Å². The molecule has 2 heterocycles. The fourth-order valence-electron chi connectivity index (χ4n) is 4.26. The number of aliphatic hydroxyl groups is 1. The van der Waals surface area contributed by atoms with E-state index in [0.29, 0.717) is 46.3 Å². The number of amides is 3. The van der Waals surface area contributed by atoms with Crippen LogP contribution in [0.15, 0.2) is 54.2 Å². The van der Waals surface area contributed by atoms with Crippen molar-refractivity contribution in [3.8, 4) is 0 Å². The van der Waals surface area contributed by atoms with E-state index in [9.17, 15) is 19.5 Å². The molecular weight excluding hydrogens is 430 g/mol. The summed E-state index contributed by atoms with van der Waals surface area (Å²) in [4.78, 5) is 41.5. The Labute approximate surface area is 191 Å². The second-order valence-electron chi connectivity index (χ2n) is 8.02. The lowest BCUT2D eigenvalue weighted by Gasteiger charge is -2.34. The van der Waals surface area contributed by atoms with Gasteiger partial charge in [-0.1, -0.05) is 35.9 Å². The lowest BCUT2D eigenvalue weighted by Crippen LogP contribution is -2.40. The fraction of sp³-hybridized carbons (Fsp3) is 0.292. The summed E-state index contributed by atoms with van der Waals surface area (Å²) in [6.45, 7) is 2.56. The number of aliphatic hydroxyl groups excluding tert-OH is 1. The largest absolute Gasteiger partial charge is 0.396 e. The Morgan fingerprint density at radius 3 is 2.50 bits per heavy atom. The molecule has 2 aliphatic rings. The van der Waals surface area contributed by atoms with Crippen molar-refractivity contribution in [2.75, 3.05) is 29.9 Å². The van der Waals surface area contributed by atoms with Crippen LogP contribution in [0.3, 0.4) is 0 Å². The third-order valence-electron chi connectivity index (χ3n) is 5.74. The molecule has 3 amide bonds. The number of carbonyl (C=O) groups is 3. The zero-order valence-corrected chi connectivity index (χ0v) is 18.4. The summed E-state index contributed by atoms with van der Waals surface area (Å²) in [6, 6.07) is 13.6. The maximum absolute atomic E-state index is 13.6. The minimum atomic E-state index is -0.448. The molecule has 0 spiro atoms. The van der Waals surface area contributed by atoms with Gasteiger partial charge in [-0.25, -0.2) is 4.90 Å². The Morgan fingerprint density at radius 1 is 1.12 bits per heavy atom. The molecule has 0 saturated carbocycles. The van der Waals surface area contributed by atoms with Gasteiger partial charge in [0, 0.05) is 32.3 Å². The topological polar surface area (TPSA) is 90.0 Å². The van der Waals surface area contributed by atoms with Crippen LogP contribution in [0.4, 0.5) is 11.4 Å². The molecular formula is C24H24ClN3O4. The molecule has 1 fully saturated rings. The molecule has 1 atom stereocenters. The van der Waals surface area contributed by atoms with E-state index in [1.54, 1.807) is 48.5 Å². The van der Waals surface area contributed by atoms with Gasteiger partial charge in [-0.15, -0.1) is 0 Å². The summed E-state index contributed by atoms with van der Waals surface area (Å²) in [7, 11) is 0. The molecule has 1 saturated heterocycles. The molecule has 2 N–H and O–H groups in total. The molecule has 0 aromatic heterocycles. The van der Waals surface area contributed by atoms with Gasteiger partial charge < -0.3 is 15.3 Å². The van der Waals surface area contributed by atoms with E-state index < -0.39 is 11.8 Å². The van der Waals surface area contributed by atoms with Crippen molar-refractivity contribution >= 4 is 46.3 Å². The van der Waals surface area contributed by atoms with E-state index in [4.69, 9.17) is 11.6 Å². The number of likely N-dealkylation sites (tertiary alicyclic amines) is 1. The highest BCUT2D eigenvalue weighted by molar-refractivity contribution is 6.47. The zero-order valence-electron chi connectivity index (χ0n) is 17.7. The quantitative estimate of drug-likeness (QED) is 0.678. The van der Waals surface area contributed by atoms with Crippen molar-refractivity contribution < 1.29 is 19.5 Å². The number of rotatable bonds is 5. The predicted molar refractivity (Wildman–Crippen MR) is 123 cm³/mol. The van der Waals surface area contributed by atoms with Crippen molar-refractivity contribution in [3.05, 3.63) is 64.8 Å². The van der Waals surface area contributed by atoms with Crippen LogP contribution in [0.1, 0.15) is 25.3 Å². The summed E-state index contributed by atoms with van der Waals surface area (Å²) < 4.78 is 0. The predicted octanol–water partition coefficient (Wildman–Crippen LogP) is 3.29. The monoisotopic (exact) mass is 453 g/mol. The van der Waals surface area contributed by atoms with Gasteiger partial charge in [-0.3, -0.25) is 14.4 Å². The lowest BCUT2D eigenvalue weighted by molar-refractivity contribution is -0.121. The fourth-order valence-corrected chi connectivity index (χ4v) is 4.48. The average molecular weight is 454 g/mol. The minimum absolute atomic E-state index is 0.0287. The molecule has 0 aliphatic carbocycles. The average Bonchev–Trinajstić information content (AvgIpc) is 3.04. The molecule has 2 aromatic carbocycles. The molecule has 32 heavy (non-hydrogen) atoms. The highest BCUT2D eigenvalue weighted by atomic mass is 35.5. The number of para-hydroxylation sites is 1. The molecule has 0 radical (unpaired) electrons. The molecule has 2 aliphatic heterocycles. The van der Waals surface area contributed by atoms with Crippen LogP contribution in [-0.4, -0.2) is 47.4 Å². The van der Waals surface area contributed by atoms with Gasteiger partial charge in [0.2, 0.25) is 5.91 Å². The Morgan fingerprint density at radius 2 is 1.84 bits per heavy atom. The van der Waals surface area contributed by atoms with Gasteiger partial charge >= 0.3 is 0 Å². The molecule has 8 heteroatoms.